The Kier molecular flexibility index (Phi) is 32.8. The normalized spacial score (nSPS) is 20.4. The molecular formula is C65H95ClN4O18. The number of carboxylic acid groups (broad SMARTS) is 1. The number of unbranched alkanes of at least 4 members (excludes halogenated alkanes) is 1. The van der Waals surface area contributed by atoms with Gasteiger partial charge in [0.15, 0.2) is 11.9 Å². The Morgan fingerprint density at radius 3 is 2.09 bits per heavy atom. The van der Waals surface area contributed by atoms with Crippen LogP contribution in [-0.4, -0.2) is 162 Å². The monoisotopic (exact) mass is 1250 g/mol. The number of cyclic esters (lactones) is 2. The molecule has 0 unspecified atom stereocenters. The van der Waals surface area contributed by atoms with Gasteiger partial charge >= 0.3 is 17.9 Å². The van der Waals surface area contributed by atoms with E-state index >= 15 is 0 Å². The van der Waals surface area contributed by atoms with Crippen LogP contribution in [0.15, 0.2) is 54.6 Å². The Morgan fingerprint density at radius 1 is 0.784 bits per heavy atom. The molecule has 1 saturated heterocycles. The van der Waals surface area contributed by atoms with Gasteiger partial charge in [-0.05, 0) is 92.7 Å². The number of ether oxygens (including phenoxy) is 8. The highest BCUT2D eigenvalue weighted by Gasteiger charge is 2.48. The third kappa shape index (κ3) is 27.2. The van der Waals surface area contributed by atoms with Gasteiger partial charge in [-0.15, -0.1) is 0 Å². The number of hydrogen-bond donors (Lipinski definition) is 5. The number of carbonyl (C=O) groups is 9. The van der Waals surface area contributed by atoms with Crippen LogP contribution in [-0.2, 0) is 89.2 Å². The first-order chi connectivity index (χ1) is 41.9. The molecule has 1 fully saturated rings. The molecule has 2 aliphatic rings. The van der Waals surface area contributed by atoms with E-state index in [0.717, 1.165) is 11.1 Å². The third-order valence-electron chi connectivity index (χ3n) is 15.2. The quantitative estimate of drug-likeness (QED) is 0.0258. The van der Waals surface area contributed by atoms with Crippen LogP contribution < -0.4 is 26.0 Å². The average Bonchev–Trinajstić information content (AvgIpc) is 3.00. The van der Waals surface area contributed by atoms with E-state index in [1.54, 1.807) is 59.1 Å². The zero-order chi connectivity index (χ0) is 64.8. The van der Waals surface area contributed by atoms with Gasteiger partial charge in [0, 0.05) is 77.0 Å². The number of Topliss-reactive ketones (excluding diaryl/α,β-unsaturated/α-hetero) is 2. The highest BCUT2D eigenvalue weighted by molar-refractivity contribution is 6.32. The number of rotatable bonds is 38. The fraction of sp³-hybridized carbons (Fsp3) is 0.646. The fourth-order valence-electron chi connectivity index (χ4n) is 9.86. The summed E-state index contributed by atoms with van der Waals surface area (Å²) in [5.74, 6) is -5.69. The summed E-state index contributed by atoms with van der Waals surface area (Å²) in [7, 11) is 3.09. The van der Waals surface area contributed by atoms with Crippen LogP contribution >= 0.6 is 11.6 Å². The minimum absolute atomic E-state index is 0.0587. The first kappa shape index (κ1) is 74.2. The molecule has 2 aliphatic heterocycles. The summed E-state index contributed by atoms with van der Waals surface area (Å²) in [6.07, 6.45) is 2.14. The second-order valence-electron chi connectivity index (χ2n) is 23.9. The van der Waals surface area contributed by atoms with Crippen molar-refractivity contribution < 1.29 is 86.2 Å². The molecule has 0 saturated carbocycles. The number of ketones is 2. The highest BCUT2D eigenvalue weighted by Crippen LogP contribution is 2.45. The maximum Gasteiger partial charge on any atom is 0.347 e. The van der Waals surface area contributed by atoms with Gasteiger partial charge in [0.2, 0.25) is 23.6 Å². The van der Waals surface area contributed by atoms with Crippen molar-refractivity contribution in [2.45, 2.75) is 168 Å². The number of amides is 4. The van der Waals surface area contributed by atoms with Gasteiger partial charge in [-0.3, -0.25) is 38.4 Å². The first-order valence-corrected chi connectivity index (χ1v) is 31.1. The van der Waals surface area contributed by atoms with Gasteiger partial charge in [-0.1, -0.05) is 89.0 Å². The van der Waals surface area contributed by atoms with Crippen LogP contribution in [0, 0.1) is 29.1 Å². The number of esters is 2. The Morgan fingerprint density at radius 2 is 1.45 bits per heavy atom. The van der Waals surface area contributed by atoms with Gasteiger partial charge in [0.1, 0.15) is 29.8 Å². The number of aliphatic carboxylic acids is 1. The molecule has 5 N–H and O–H groups in total. The minimum Gasteiger partial charge on any atom is -0.495 e. The van der Waals surface area contributed by atoms with Crippen LogP contribution in [0.3, 0.4) is 0 Å². The van der Waals surface area contributed by atoms with Crippen molar-refractivity contribution in [2.24, 2.45) is 29.1 Å². The lowest BCUT2D eigenvalue weighted by molar-refractivity contribution is -0.179. The van der Waals surface area contributed by atoms with Crippen LogP contribution in [0.5, 0.6) is 5.75 Å². The molecule has 490 valence electrons. The van der Waals surface area contributed by atoms with Crippen LogP contribution in [0.1, 0.15) is 142 Å². The summed E-state index contributed by atoms with van der Waals surface area (Å²) < 4.78 is 44.8. The zero-order valence-electron chi connectivity index (χ0n) is 52.8. The van der Waals surface area contributed by atoms with Crippen molar-refractivity contribution in [3.8, 4) is 5.75 Å². The molecule has 0 bridgehead atoms. The Bertz CT molecular complexity index is 2610. The number of carbonyl (C=O) groups excluding carboxylic acids is 8. The van der Waals surface area contributed by atoms with Crippen LogP contribution in [0.2, 0.25) is 5.02 Å². The number of benzene rings is 2. The number of epoxide rings is 1. The smallest absolute Gasteiger partial charge is 0.347 e. The molecule has 88 heavy (non-hydrogen) atoms. The molecule has 23 heteroatoms. The second kappa shape index (κ2) is 39.0. The first-order valence-electron chi connectivity index (χ1n) is 30.7. The van der Waals surface area contributed by atoms with Crippen LogP contribution in [0.4, 0.5) is 0 Å². The molecule has 0 aliphatic carbocycles. The average molecular weight is 1260 g/mol. The molecule has 4 rings (SSSR count). The van der Waals surface area contributed by atoms with Crippen molar-refractivity contribution in [2.75, 3.05) is 73.6 Å². The summed E-state index contributed by atoms with van der Waals surface area (Å²) in [5.41, 5.74) is 1.06. The van der Waals surface area contributed by atoms with Gasteiger partial charge in [0.25, 0.3) is 0 Å². The number of carboxylic acids is 1. The SMILES string of the molecule is COCCOCCOCCOCCC(=O)NCCCC[C@H](CC(=O)[C@@H](NC(=O)CCCC(=O)O)C(C)C)C(=O)CCc1ccc([C@H]2O[C@@H]2[C@@H](C)[C@@H]2C/C=C/C(=O)N[C@H](Cc3ccc(OC)c(Cl)c3)C(=O)NCC(C)(C)C(=O)O[C@@H](CC(C)C)C(=O)O2)cc1. The predicted octanol–water partition coefficient (Wildman–Crippen LogP) is 6.97. The number of halogens is 1. The van der Waals surface area contributed by atoms with E-state index in [4.69, 9.17) is 54.6 Å². The van der Waals surface area contributed by atoms with Gasteiger partial charge in [0.05, 0.1) is 75.9 Å². The molecule has 0 spiro atoms. The summed E-state index contributed by atoms with van der Waals surface area (Å²) in [4.78, 5) is 119. The molecule has 2 aromatic rings. The van der Waals surface area contributed by atoms with Gasteiger partial charge < -0.3 is 64.3 Å². The Hall–Kier alpha value is -6.30. The number of methoxy groups -OCH3 is 2. The van der Waals surface area contributed by atoms with Crippen molar-refractivity contribution >= 4 is 64.7 Å². The van der Waals surface area contributed by atoms with E-state index in [1.807, 2.05) is 45.0 Å². The molecule has 0 aromatic heterocycles. The molecule has 0 radical (unpaired) electrons. The summed E-state index contributed by atoms with van der Waals surface area (Å²) in [5, 5.41) is 20.6. The summed E-state index contributed by atoms with van der Waals surface area (Å²) in [6, 6.07) is 10.7. The Balaban J connectivity index is 1.42. The predicted molar refractivity (Wildman–Crippen MR) is 327 cm³/mol. The van der Waals surface area contributed by atoms with E-state index in [1.165, 1.54) is 13.2 Å². The third-order valence-corrected chi connectivity index (χ3v) is 15.5. The minimum atomic E-state index is -1.29. The van der Waals surface area contributed by atoms with E-state index in [-0.39, 0.29) is 106 Å². The van der Waals surface area contributed by atoms with E-state index in [2.05, 4.69) is 21.3 Å². The highest BCUT2D eigenvalue weighted by atomic mass is 35.5. The van der Waals surface area contributed by atoms with E-state index in [0.29, 0.717) is 88.2 Å². The van der Waals surface area contributed by atoms with Gasteiger partial charge in [-0.25, -0.2) is 4.79 Å². The molecule has 8 atom stereocenters. The topological polar surface area (TPSA) is 299 Å². The Labute approximate surface area is 523 Å². The maximum atomic E-state index is 14.1. The largest absolute Gasteiger partial charge is 0.495 e. The van der Waals surface area contributed by atoms with Crippen molar-refractivity contribution in [3.63, 3.8) is 0 Å². The van der Waals surface area contributed by atoms with Crippen LogP contribution in [0.25, 0.3) is 0 Å². The second-order valence-corrected chi connectivity index (χ2v) is 24.3. The van der Waals surface area contributed by atoms with Crippen molar-refractivity contribution in [1.82, 2.24) is 21.3 Å². The summed E-state index contributed by atoms with van der Waals surface area (Å²) >= 11 is 6.40. The van der Waals surface area contributed by atoms with E-state index in [9.17, 15) is 43.2 Å². The lowest BCUT2D eigenvalue weighted by Gasteiger charge is -2.29. The summed E-state index contributed by atoms with van der Waals surface area (Å²) in [6.45, 7) is 15.4. The number of nitrogens with one attached hydrogen (secondary N) is 4. The lowest BCUT2D eigenvalue weighted by Crippen LogP contribution is -2.51. The number of hydrogen-bond acceptors (Lipinski definition) is 17. The van der Waals surface area contributed by atoms with Crippen molar-refractivity contribution in [3.05, 3.63) is 76.3 Å². The van der Waals surface area contributed by atoms with E-state index < -0.39 is 83.3 Å². The number of aryl methyl sites for hydroxylation is 1. The van der Waals surface area contributed by atoms with Crippen molar-refractivity contribution in [1.29, 1.82) is 0 Å². The fourth-order valence-corrected chi connectivity index (χ4v) is 10.1. The zero-order valence-corrected chi connectivity index (χ0v) is 53.5. The van der Waals surface area contributed by atoms with Gasteiger partial charge in [-0.2, -0.15) is 0 Å². The molecule has 2 heterocycles. The molecule has 2 aromatic carbocycles. The molecule has 4 amide bonds. The lowest BCUT2D eigenvalue weighted by atomic mass is 9.85. The molecule has 22 nitrogen and oxygen atoms in total. The maximum absolute atomic E-state index is 14.1. The standard InChI is InChI=1S/C65H95ClN4O18/c1-41(2)36-54-63(79)86-52(15-12-16-56(74)69-49(38-45-22-26-53(82-9)48(66)37-45)62(78)68-40-65(6,7)64(80)87-54)43(5)60-61(88-60)46-23-19-44(20-24-46)21-25-50(71)47(39-51(72)59(42(3)4)70-57(75)17-13-18-58(76)77)14-10-11-28-67-55(73)27-29-83-32-33-85-35-34-84-31-30-81-8/h12,16,19-20,22-24,26,37,41-43,47,49,52,54,59-61H,10-11,13-15,17-18,21,25,27-36,38-40H2,1-9H3,(H,67,73)(H,68,78)(H,69,74)(H,70,75)(H,76,77)/b16-12+/t43-,47+,49+,52-,54-,59-,60+,61+/m0/s1. The molecular weight excluding hydrogens is 1160 g/mol.